The molecule has 2 atom stereocenters. The van der Waals surface area contributed by atoms with Crippen molar-refractivity contribution < 1.29 is 4.74 Å². The van der Waals surface area contributed by atoms with Crippen LogP contribution in [0, 0.1) is 6.92 Å². The van der Waals surface area contributed by atoms with Gasteiger partial charge in [0.2, 0.25) is 0 Å². The first-order valence-corrected chi connectivity index (χ1v) is 4.88. The Bertz CT molecular complexity index is 235. The molecule has 0 aliphatic heterocycles. The molecule has 13 heavy (non-hydrogen) atoms. The molecule has 0 heterocycles. The van der Waals surface area contributed by atoms with Gasteiger partial charge in [-0.05, 0) is 25.5 Å². The first-order chi connectivity index (χ1) is 5.72. The van der Waals surface area contributed by atoms with Crippen LogP contribution in [0.3, 0.4) is 0 Å². The average molecular weight is 263 g/mol. The number of hydrogen-bond donors (Lipinski definition) is 0. The number of aryl methyl sites for hydroxylation is 1. The SMILES string of the molecule is Br.CCC(P)Oc1ccc(C)cc1. The summed E-state index contributed by atoms with van der Waals surface area (Å²) in [5.41, 5.74) is 1.26. The van der Waals surface area contributed by atoms with E-state index in [1.807, 2.05) is 12.1 Å². The van der Waals surface area contributed by atoms with Gasteiger partial charge in [0.25, 0.3) is 0 Å². The smallest absolute Gasteiger partial charge is 0.120 e. The normalized spacial score (nSPS) is 11.6. The number of halogens is 1. The van der Waals surface area contributed by atoms with E-state index in [-0.39, 0.29) is 22.8 Å². The monoisotopic (exact) mass is 262 g/mol. The lowest BCUT2D eigenvalue weighted by molar-refractivity contribution is 0.283. The lowest BCUT2D eigenvalue weighted by Gasteiger charge is -2.11. The summed E-state index contributed by atoms with van der Waals surface area (Å²) in [7, 11) is 2.67. The quantitative estimate of drug-likeness (QED) is 0.757. The first kappa shape index (κ1) is 12.9. The van der Waals surface area contributed by atoms with E-state index in [1.54, 1.807) is 0 Å². The minimum Gasteiger partial charge on any atom is -0.487 e. The molecule has 0 aliphatic rings. The van der Waals surface area contributed by atoms with Gasteiger partial charge in [0, 0.05) is 0 Å². The van der Waals surface area contributed by atoms with E-state index in [0.29, 0.717) is 0 Å². The maximum absolute atomic E-state index is 5.58. The van der Waals surface area contributed by atoms with Crippen molar-refractivity contribution in [1.29, 1.82) is 0 Å². The van der Waals surface area contributed by atoms with E-state index in [2.05, 4.69) is 35.2 Å². The molecule has 0 N–H and O–H groups in total. The summed E-state index contributed by atoms with van der Waals surface area (Å²) in [4.78, 5) is 0. The molecule has 1 rings (SSSR count). The third-order valence-corrected chi connectivity index (χ3v) is 2.32. The molecule has 74 valence electrons. The third-order valence-electron chi connectivity index (χ3n) is 1.71. The number of rotatable bonds is 3. The van der Waals surface area contributed by atoms with Crippen molar-refractivity contribution in [1.82, 2.24) is 0 Å². The Kier molecular flexibility index (Phi) is 6.36. The minimum atomic E-state index is 0. The molecule has 3 heteroatoms. The van der Waals surface area contributed by atoms with E-state index in [4.69, 9.17) is 4.74 Å². The minimum absolute atomic E-state index is 0. The molecule has 0 saturated heterocycles. The summed E-state index contributed by atoms with van der Waals surface area (Å²) in [6.07, 6.45) is 1.01. The van der Waals surface area contributed by atoms with Gasteiger partial charge in [0.05, 0.1) is 0 Å². The van der Waals surface area contributed by atoms with Crippen LogP contribution in [0.2, 0.25) is 0 Å². The highest BCUT2D eigenvalue weighted by atomic mass is 79.9. The van der Waals surface area contributed by atoms with Crippen molar-refractivity contribution >= 4 is 26.2 Å². The van der Waals surface area contributed by atoms with Crippen molar-refractivity contribution in [3.05, 3.63) is 29.8 Å². The molecule has 0 bridgehead atoms. The molecule has 2 unspecified atom stereocenters. The molecule has 0 aromatic heterocycles. The van der Waals surface area contributed by atoms with Crippen LogP contribution in [0.5, 0.6) is 5.75 Å². The Balaban J connectivity index is 0.00000144. The van der Waals surface area contributed by atoms with Crippen LogP contribution in [0.15, 0.2) is 24.3 Å². The third kappa shape index (κ3) is 4.64. The fourth-order valence-electron chi connectivity index (χ4n) is 0.875. The van der Waals surface area contributed by atoms with E-state index < -0.39 is 0 Å². The largest absolute Gasteiger partial charge is 0.487 e. The van der Waals surface area contributed by atoms with Gasteiger partial charge in [0.1, 0.15) is 11.6 Å². The molecule has 0 radical (unpaired) electrons. The van der Waals surface area contributed by atoms with E-state index in [0.717, 1.165) is 12.2 Å². The average Bonchev–Trinajstić information content (AvgIpc) is 2.09. The summed E-state index contributed by atoms with van der Waals surface area (Å²) in [6.45, 7) is 4.17. The molecular weight excluding hydrogens is 247 g/mol. The zero-order valence-corrected chi connectivity index (χ0v) is 10.9. The Morgan fingerprint density at radius 1 is 1.31 bits per heavy atom. The summed E-state index contributed by atoms with van der Waals surface area (Å²) >= 11 is 0. The predicted octanol–water partition coefficient (Wildman–Crippen LogP) is 3.56. The zero-order chi connectivity index (χ0) is 8.97. The molecule has 1 nitrogen and oxygen atoms in total. The van der Waals surface area contributed by atoms with Crippen molar-refractivity contribution in [3.63, 3.8) is 0 Å². The lowest BCUT2D eigenvalue weighted by Crippen LogP contribution is -2.05. The maximum atomic E-state index is 5.58. The fourth-order valence-corrected chi connectivity index (χ4v) is 1.03. The molecule has 0 amide bonds. The second kappa shape index (κ2) is 6.39. The summed E-state index contributed by atoms with van der Waals surface area (Å²) in [5.74, 6) is 1.18. The highest BCUT2D eigenvalue weighted by molar-refractivity contribution is 8.93. The van der Waals surface area contributed by atoms with Crippen LogP contribution >= 0.6 is 26.2 Å². The van der Waals surface area contributed by atoms with Crippen LogP contribution in [-0.4, -0.2) is 5.85 Å². The van der Waals surface area contributed by atoms with E-state index in [1.165, 1.54) is 5.56 Å². The van der Waals surface area contributed by atoms with Gasteiger partial charge in [-0.2, -0.15) is 0 Å². The van der Waals surface area contributed by atoms with Gasteiger partial charge in [-0.15, -0.1) is 17.0 Å². The van der Waals surface area contributed by atoms with Crippen LogP contribution in [0.25, 0.3) is 0 Å². The van der Waals surface area contributed by atoms with Crippen LogP contribution in [0.1, 0.15) is 18.9 Å². The Morgan fingerprint density at radius 2 is 1.85 bits per heavy atom. The molecular formula is C10H16BrOP. The van der Waals surface area contributed by atoms with Gasteiger partial charge in [0.15, 0.2) is 0 Å². The van der Waals surface area contributed by atoms with Crippen molar-refractivity contribution in [2.75, 3.05) is 0 Å². The van der Waals surface area contributed by atoms with Gasteiger partial charge < -0.3 is 4.74 Å². The molecule has 0 spiro atoms. The zero-order valence-electron chi connectivity index (χ0n) is 7.99. The number of ether oxygens (including phenoxy) is 1. The topological polar surface area (TPSA) is 9.23 Å². The van der Waals surface area contributed by atoms with Crippen LogP contribution in [0.4, 0.5) is 0 Å². The van der Waals surface area contributed by atoms with Gasteiger partial charge in [-0.1, -0.05) is 33.9 Å². The maximum Gasteiger partial charge on any atom is 0.120 e. The van der Waals surface area contributed by atoms with Crippen LogP contribution in [-0.2, 0) is 0 Å². The predicted molar refractivity (Wildman–Crippen MR) is 65.9 cm³/mol. The molecule has 0 aliphatic carbocycles. The summed E-state index contributed by atoms with van der Waals surface area (Å²) < 4.78 is 5.58. The molecule has 0 fully saturated rings. The molecule has 1 aromatic rings. The second-order valence-electron chi connectivity index (χ2n) is 2.88. The first-order valence-electron chi connectivity index (χ1n) is 4.21. The van der Waals surface area contributed by atoms with Crippen molar-refractivity contribution in [2.45, 2.75) is 26.1 Å². The molecule has 0 saturated carbocycles. The standard InChI is InChI=1S/C10H15OP.BrH/c1-3-10(12)11-9-6-4-8(2)5-7-9;/h4-7,10H,3,12H2,1-2H3;1H. The Hall–Kier alpha value is -0.0700. The fraction of sp³-hybridized carbons (Fsp3) is 0.400. The Morgan fingerprint density at radius 3 is 2.31 bits per heavy atom. The van der Waals surface area contributed by atoms with Crippen LogP contribution < -0.4 is 4.74 Å². The van der Waals surface area contributed by atoms with E-state index >= 15 is 0 Å². The lowest BCUT2D eigenvalue weighted by atomic mass is 10.2. The van der Waals surface area contributed by atoms with Crippen molar-refractivity contribution in [3.8, 4) is 5.75 Å². The second-order valence-corrected chi connectivity index (χ2v) is 3.62. The summed E-state index contributed by atoms with van der Waals surface area (Å²) in [6, 6.07) is 8.12. The van der Waals surface area contributed by atoms with Gasteiger partial charge in [-0.3, -0.25) is 0 Å². The van der Waals surface area contributed by atoms with Gasteiger partial charge in [-0.25, -0.2) is 0 Å². The highest BCUT2D eigenvalue weighted by Gasteiger charge is 1.99. The van der Waals surface area contributed by atoms with Crippen molar-refractivity contribution in [2.24, 2.45) is 0 Å². The Labute approximate surface area is 92.8 Å². The van der Waals surface area contributed by atoms with E-state index in [9.17, 15) is 0 Å². The number of benzene rings is 1. The number of hydrogen-bond acceptors (Lipinski definition) is 1. The molecule has 1 aromatic carbocycles. The summed E-state index contributed by atoms with van der Waals surface area (Å²) in [5, 5.41) is 0. The van der Waals surface area contributed by atoms with Gasteiger partial charge >= 0.3 is 0 Å². The highest BCUT2D eigenvalue weighted by Crippen LogP contribution is 2.16.